The summed E-state index contributed by atoms with van der Waals surface area (Å²) in [5.41, 5.74) is 7.15. The highest BCUT2D eigenvalue weighted by molar-refractivity contribution is 5.97. The van der Waals surface area contributed by atoms with E-state index in [-0.39, 0.29) is 11.3 Å². The maximum Gasteiger partial charge on any atom is 0.275 e. The molecule has 0 unspecified atom stereocenters. The highest BCUT2D eigenvalue weighted by Gasteiger charge is 2.08. The third kappa shape index (κ3) is 3.28. The molecule has 0 bridgehead atoms. The van der Waals surface area contributed by atoms with Crippen molar-refractivity contribution in [2.45, 2.75) is 20.8 Å². The number of hydrogen-bond acceptors (Lipinski definition) is 3. The van der Waals surface area contributed by atoms with Crippen LogP contribution in [0.1, 0.15) is 32.6 Å². The lowest BCUT2D eigenvalue weighted by Gasteiger charge is -2.07. The van der Waals surface area contributed by atoms with Crippen molar-refractivity contribution in [2.24, 2.45) is 5.10 Å². The number of rotatable bonds is 3. The van der Waals surface area contributed by atoms with Crippen LogP contribution in [0.3, 0.4) is 0 Å². The molecule has 0 fully saturated rings. The lowest BCUT2D eigenvalue weighted by atomic mass is 10.00. The van der Waals surface area contributed by atoms with Crippen molar-refractivity contribution in [3.63, 3.8) is 0 Å². The molecule has 0 aliphatic heterocycles. The van der Waals surface area contributed by atoms with Gasteiger partial charge >= 0.3 is 0 Å². The van der Waals surface area contributed by atoms with Crippen LogP contribution < -0.4 is 5.43 Å². The Labute approximate surface area is 124 Å². The molecule has 1 amide bonds. The molecule has 0 heterocycles. The summed E-state index contributed by atoms with van der Waals surface area (Å²) >= 11 is 0. The van der Waals surface area contributed by atoms with Gasteiger partial charge in [0.1, 0.15) is 5.75 Å². The van der Waals surface area contributed by atoms with E-state index in [1.165, 1.54) is 17.2 Å². The maximum absolute atomic E-state index is 11.9. The summed E-state index contributed by atoms with van der Waals surface area (Å²) < 4.78 is 0. The third-order valence-corrected chi connectivity index (χ3v) is 3.62. The molecule has 0 spiro atoms. The Bertz CT molecular complexity index is 706. The van der Waals surface area contributed by atoms with Crippen molar-refractivity contribution in [3.8, 4) is 5.75 Å². The number of phenols is 1. The molecule has 2 rings (SSSR count). The van der Waals surface area contributed by atoms with Crippen molar-refractivity contribution in [1.29, 1.82) is 0 Å². The summed E-state index contributed by atoms with van der Waals surface area (Å²) in [6, 6.07) is 10.3. The predicted octanol–water partition coefficient (Wildman–Crippen LogP) is 3.08. The average molecular weight is 282 g/mol. The Morgan fingerprint density at radius 3 is 2.52 bits per heavy atom. The molecule has 0 aromatic heterocycles. The molecule has 108 valence electrons. The van der Waals surface area contributed by atoms with Gasteiger partial charge in [0.25, 0.3) is 5.91 Å². The third-order valence-electron chi connectivity index (χ3n) is 3.62. The van der Waals surface area contributed by atoms with E-state index in [4.69, 9.17) is 0 Å². The number of carbonyl (C=O) groups is 1. The standard InChI is InChI=1S/C17H18N2O2/c1-11-8-9-14(13(3)12(11)2)10-18-19-17(21)15-6-4-5-7-16(15)20/h4-10,20H,1-3H3,(H,19,21)/b18-10-. The number of benzene rings is 2. The van der Waals surface area contributed by atoms with Crippen molar-refractivity contribution in [1.82, 2.24) is 5.43 Å². The van der Waals surface area contributed by atoms with Gasteiger partial charge in [-0.15, -0.1) is 0 Å². The number of hydrazone groups is 1. The first-order chi connectivity index (χ1) is 10.0. The number of nitrogens with zero attached hydrogens (tertiary/aromatic N) is 1. The molecule has 4 nitrogen and oxygen atoms in total. The van der Waals surface area contributed by atoms with E-state index in [0.717, 1.165) is 11.1 Å². The van der Waals surface area contributed by atoms with E-state index >= 15 is 0 Å². The summed E-state index contributed by atoms with van der Waals surface area (Å²) in [6.07, 6.45) is 1.61. The molecule has 2 N–H and O–H groups in total. The van der Waals surface area contributed by atoms with Gasteiger partial charge in [-0.2, -0.15) is 5.10 Å². The smallest absolute Gasteiger partial charge is 0.275 e. The minimum absolute atomic E-state index is 0.0624. The summed E-state index contributed by atoms with van der Waals surface area (Å²) in [6.45, 7) is 6.14. The van der Waals surface area contributed by atoms with Crippen molar-refractivity contribution < 1.29 is 9.90 Å². The summed E-state index contributed by atoms with van der Waals surface area (Å²) in [5, 5.41) is 13.6. The van der Waals surface area contributed by atoms with E-state index in [0.29, 0.717) is 0 Å². The monoisotopic (exact) mass is 282 g/mol. The normalized spacial score (nSPS) is 10.8. The van der Waals surface area contributed by atoms with Crippen LogP contribution >= 0.6 is 0 Å². The number of aromatic hydroxyl groups is 1. The van der Waals surface area contributed by atoms with Gasteiger partial charge in [-0.1, -0.05) is 24.3 Å². The molecular weight excluding hydrogens is 264 g/mol. The predicted molar refractivity (Wildman–Crippen MR) is 83.8 cm³/mol. The highest BCUT2D eigenvalue weighted by atomic mass is 16.3. The Hall–Kier alpha value is -2.62. The first kappa shape index (κ1) is 14.8. The van der Waals surface area contributed by atoms with Gasteiger partial charge in [0.05, 0.1) is 11.8 Å². The molecule has 0 saturated heterocycles. The van der Waals surface area contributed by atoms with Crippen LogP contribution in [0.15, 0.2) is 41.5 Å². The van der Waals surface area contributed by atoms with Crippen LogP contribution in [0.25, 0.3) is 0 Å². The molecule has 0 aliphatic rings. The van der Waals surface area contributed by atoms with Crippen molar-refractivity contribution in [3.05, 3.63) is 64.2 Å². The van der Waals surface area contributed by atoms with Gasteiger partial charge in [0.15, 0.2) is 0 Å². The molecule has 4 heteroatoms. The van der Waals surface area contributed by atoms with Crippen LogP contribution in [-0.4, -0.2) is 17.2 Å². The Morgan fingerprint density at radius 2 is 1.81 bits per heavy atom. The maximum atomic E-state index is 11.9. The average Bonchev–Trinajstić information content (AvgIpc) is 2.47. The van der Waals surface area contributed by atoms with Gasteiger partial charge in [0, 0.05) is 0 Å². The SMILES string of the molecule is Cc1ccc(/C=N\NC(=O)c2ccccc2O)c(C)c1C. The zero-order valence-electron chi connectivity index (χ0n) is 12.3. The lowest BCUT2D eigenvalue weighted by Crippen LogP contribution is -2.17. The van der Waals surface area contributed by atoms with Crippen molar-refractivity contribution in [2.75, 3.05) is 0 Å². The van der Waals surface area contributed by atoms with Gasteiger partial charge < -0.3 is 5.11 Å². The van der Waals surface area contributed by atoms with E-state index in [9.17, 15) is 9.90 Å². The summed E-state index contributed by atoms with van der Waals surface area (Å²) in [4.78, 5) is 11.9. The second-order valence-electron chi connectivity index (χ2n) is 4.94. The topological polar surface area (TPSA) is 61.7 Å². The number of carbonyl (C=O) groups excluding carboxylic acids is 1. The molecule has 0 atom stereocenters. The Morgan fingerprint density at radius 1 is 1.10 bits per heavy atom. The number of para-hydroxylation sites is 1. The Kier molecular flexibility index (Phi) is 4.38. The highest BCUT2D eigenvalue weighted by Crippen LogP contribution is 2.16. The van der Waals surface area contributed by atoms with Crippen LogP contribution in [0.2, 0.25) is 0 Å². The van der Waals surface area contributed by atoms with E-state index in [1.807, 2.05) is 19.1 Å². The lowest BCUT2D eigenvalue weighted by molar-refractivity contribution is 0.0952. The van der Waals surface area contributed by atoms with Gasteiger partial charge in [0.2, 0.25) is 0 Å². The van der Waals surface area contributed by atoms with Crippen molar-refractivity contribution >= 4 is 12.1 Å². The molecule has 0 saturated carbocycles. The van der Waals surface area contributed by atoms with E-state index in [1.54, 1.807) is 24.4 Å². The minimum Gasteiger partial charge on any atom is -0.507 e. The number of aryl methyl sites for hydroxylation is 1. The first-order valence-electron chi connectivity index (χ1n) is 6.69. The zero-order chi connectivity index (χ0) is 15.4. The molecule has 0 radical (unpaired) electrons. The number of hydrogen-bond donors (Lipinski definition) is 2. The van der Waals surface area contributed by atoms with Crippen LogP contribution in [-0.2, 0) is 0 Å². The van der Waals surface area contributed by atoms with E-state index < -0.39 is 5.91 Å². The van der Waals surface area contributed by atoms with Gasteiger partial charge in [-0.05, 0) is 55.2 Å². The second-order valence-corrected chi connectivity index (χ2v) is 4.94. The largest absolute Gasteiger partial charge is 0.507 e. The first-order valence-corrected chi connectivity index (χ1v) is 6.69. The number of amides is 1. The summed E-state index contributed by atoms with van der Waals surface area (Å²) in [5.74, 6) is -0.501. The fraction of sp³-hybridized carbons (Fsp3) is 0.176. The molecular formula is C17H18N2O2. The quantitative estimate of drug-likeness (QED) is 0.671. The Balaban J connectivity index is 2.12. The summed E-state index contributed by atoms with van der Waals surface area (Å²) in [7, 11) is 0. The minimum atomic E-state index is -0.439. The van der Waals surface area contributed by atoms with Crippen LogP contribution in [0, 0.1) is 20.8 Å². The number of phenolic OH excluding ortho intramolecular Hbond substituents is 1. The van der Waals surface area contributed by atoms with Gasteiger partial charge in [-0.25, -0.2) is 5.43 Å². The molecule has 2 aromatic carbocycles. The van der Waals surface area contributed by atoms with Crippen LogP contribution in [0.4, 0.5) is 0 Å². The fourth-order valence-electron chi connectivity index (χ4n) is 2.00. The number of nitrogens with one attached hydrogen (secondary N) is 1. The van der Waals surface area contributed by atoms with E-state index in [2.05, 4.69) is 24.4 Å². The van der Waals surface area contributed by atoms with Crippen LogP contribution in [0.5, 0.6) is 5.75 Å². The fourth-order valence-corrected chi connectivity index (χ4v) is 2.00. The zero-order valence-corrected chi connectivity index (χ0v) is 12.3. The molecule has 21 heavy (non-hydrogen) atoms. The van der Waals surface area contributed by atoms with Gasteiger partial charge in [-0.3, -0.25) is 4.79 Å². The second kappa shape index (κ2) is 6.22. The molecule has 2 aromatic rings. The molecule has 0 aliphatic carbocycles.